The van der Waals surface area contributed by atoms with Crippen LogP contribution in [-0.4, -0.2) is 38.7 Å². The molecule has 1 saturated carbocycles. The molecule has 2 aromatic heterocycles. The van der Waals surface area contributed by atoms with Gasteiger partial charge in [0, 0.05) is 18.8 Å². The monoisotopic (exact) mass is 299 g/mol. The van der Waals surface area contributed by atoms with Crippen molar-refractivity contribution in [1.29, 1.82) is 0 Å². The lowest BCUT2D eigenvalue weighted by Gasteiger charge is -2.30. The number of aromatic nitrogens is 4. The Morgan fingerprint density at radius 3 is 2.77 bits per heavy atom. The van der Waals surface area contributed by atoms with Crippen LogP contribution in [0.1, 0.15) is 31.4 Å². The van der Waals surface area contributed by atoms with Gasteiger partial charge in [-0.3, -0.25) is 0 Å². The van der Waals surface area contributed by atoms with Gasteiger partial charge in [0.1, 0.15) is 5.82 Å². The summed E-state index contributed by atoms with van der Waals surface area (Å²) in [6, 6.07) is 6.31. The molecular weight excluding hydrogens is 278 g/mol. The second-order valence-corrected chi connectivity index (χ2v) is 6.29. The van der Waals surface area contributed by atoms with Crippen molar-refractivity contribution in [1.82, 2.24) is 20.0 Å². The number of nitrogens with zero attached hydrogens (tertiary/aromatic N) is 4. The molecule has 6 nitrogen and oxygen atoms in total. The first-order chi connectivity index (χ1) is 10.8. The molecule has 116 valence electrons. The minimum Gasteiger partial charge on any atom is -0.378 e. The maximum absolute atomic E-state index is 5.86. The number of aryl methyl sites for hydroxylation is 1. The van der Waals surface area contributed by atoms with E-state index in [1.807, 2.05) is 31.3 Å². The van der Waals surface area contributed by atoms with Crippen LogP contribution in [0.15, 0.2) is 24.4 Å². The van der Waals surface area contributed by atoms with E-state index in [1.165, 1.54) is 12.8 Å². The lowest BCUT2D eigenvalue weighted by Crippen LogP contribution is -2.35. The first-order valence-corrected chi connectivity index (χ1v) is 8.02. The van der Waals surface area contributed by atoms with Crippen molar-refractivity contribution in [3.8, 4) is 5.82 Å². The Bertz CT molecular complexity index is 634. The molecule has 2 aliphatic rings. The Morgan fingerprint density at radius 2 is 2.09 bits per heavy atom. The van der Waals surface area contributed by atoms with Crippen LogP contribution < -0.4 is 5.32 Å². The van der Waals surface area contributed by atoms with E-state index in [-0.39, 0.29) is 0 Å². The molecule has 2 fully saturated rings. The Kier molecular flexibility index (Phi) is 3.54. The molecule has 4 rings (SSSR count). The van der Waals surface area contributed by atoms with Crippen LogP contribution in [0.5, 0.6) is 0 Å². The summed E-state index contributed by atoms with van der Waals surface area (Å²) in [5.74, 6) is 2.36. The molecule has 1 saturated heterocycles. The second-order valence-electron chi connectivity index (χ2n) is 6.29. The van der Waals surface area contributed by atoms with Crippen molar-refractivity contribution in [2.75, 3.05) is 11.9 Å². The summed E-state index contributed by atoms with van der Waals surface area (Å²) in [6.07, 6.45) is 7.10. The molecule has 0 spiro atoms. The van der Waals surface area contributed by atoms with Gasteiger partial charge in [-0.2, -0.15) is 5.10 Å². The number of nitrogens with one attached hydrogen (secondary N) is 1. The fraction of sp³-hybridized carbons (Fsp3) is 0.562. The number of anilines is 1. The fourth-order valence-corrected chi connectivity index (χ4v) is 3.03. The lowest BCUT2D eigenvalue weighted by molar-refractivity contribution is -0.00224. The summed E-state index contributed by atoms with van der Waals surface area (Å²) in [7, 11) is 0. The van der Waals surface area contributed by atoms with E-state index in [0.717, 1.165) is 42.7 Å². The molecule has 2 atom stereocenters. The molecule has 0 amide bonds. The van der Waals surface area contributed by atoms with Crippen molar-refractivity contribution in [2.45, 2.75) is 44.8 Å². The Balaban J connectivity index is 1.40. The SMILES string of the molecule is Cc1ccn(-c2ccc(NC3CCOC(C4CC4)C3)nn2)n1. The molecule has 6 heteroatoms. The van der Waals surface area contributed by atoms with Crippen LogP contribution in [0.2, 0.25) is 0 Å². The van der Waals surface area contributed by atoms with Crippen LogP contribution in [0.3, 0.4) is 0 Å². The minimum atomic E-state index is 0.436. The third kappa shape index (κ3) is 2.97. The Morgan fingerprint density at radius 1 is 1.18 bits per heavy atom. The number of rotatable bonds is 4. The van der Waals surface area contributed by atoms with Gasteiger partial charge in [0.05, 0.1) is 11.8 Å². The van der Waals surface area contributed by atoms with Crippen LogP contribution in [-0.2, 0) is 4.74 Å². The highest BCUT2D eigenvalue weighted by Crippen LogP contribution is 2.38. The van der Waals surface area contributed by atoms with E-state index in [1.54, 1.807) is 4.68 Å². The van der Waals surface area contributed by atoms with Crippen molar-refractivity contribution in [3.63, 3.8) is 0 Å². The van der Waals surface area contributed by atoms with Crippen molar-refractivity contribution in [2.24, 2.45) is 5.92 Å². The van der Waals surface area contributed by atoms with Gasteiger partial charge in [-0.15, -0.1) is 10.2 Å². The highest BCUT2D eigenvalue weighted by Gasteiger charge is 2.35. The van der Waals surface area contributed by atoms with Gasteiger partial charge in [0.25, 0.3) is 0 Å². The Labute approximate surface area is 129 Å². The molecule has 0 aromatic carbocycles. The van der Waals surface area contributed by atoms with Crippen LogP contribution in [0.25, 0.3) is 5.82 Å². The van der Waals surface area contributed by atoms with E-state index in [9.17, 15) is 0 Å². The smallest absolute Gasteiger partial charge is 0.175 e. The zero-order valence-electron chi connectivity index (χ0n) is 12.8. The minimum absolute atomic E-state index is 0.436. The molecule has 22 heavy (non-hydrogen) atoms. The van der Waals surface area contributed by atoms with Crippen molar-refractivity contribution in [3.05, 3.63) is 30.1 Å². The topological polar surface area (TPSA) is 64.9 Å². The van der Waals surface area contributed by atoms with Crippen LogP contribution >= 0.6 is 0 Å². The summed E-state index contributed by atoms with van der Waals surface area (Å²) in [5.41, 5.74) is 0.970. The standard InChI is InChI=1S/C16H21N5O/c1-11-6-8-21(20-11)16-5-4-15(18-19-16)17-13-7-9-22-14(10-13)12-2-3-12/h4-6,8,12-14H,2-3,7,9-10H2,1H3,(H,17,18). The first-order valence-electron chi connectivity index (χ1n) is 8.02. The van der Waals surface area contributed by atoms with E-state index in [4.69, 9.17) is 4.74 Å². The zero-order valence-corrected chi connectivity index (χ0v) is 12.8. The normalized spacial score (nSPS) is 25.1. The number of hydrogen-bond acceptors (Lipinski definition) is 5. The third-order valence-electron chi connectivity index (χ3n) is 4.42. The van der Waals surface area contributed by atoms with Gasteiger partial charge < -0.3 is 10.1 Å². The van der Waals surface area contributed by atoms with E-state index >= 15 is 0 Å². The molecule has 0 radical (unpaired) electrons. The van der Waals surface area contributed by atoms with Gasteiger partial charge in [-0.25, -0.2) is 4.68 Å². The Hall–Kier alpha value is -1.95. The van der Waals surface area contributed by atoms with Gasteiger partial charge >= 0.3 is 0 Å². The maximum Gasteiger partial charge on any atom is 0.175 e. The molecule has 2 unspecified atom stereocenters. The highest BCUT2D eigenvalue weighted by atomic mass is 16.5. The second kappa shape index (κ2) is 5.68. The summed E-state index contributed by atoms with van der Waals surface area (Å²) < 4.78 is 7.60. The fourth-order valence-electron chi connectivity index (χ4n) is 3.03. The van der Waals surface area contributed by atoms with E-state index < -0.39 is 0 Å². The molecule has 2 aromatic rings. The average Bonchev–Trinajstić information content (AvgIpc) is 3.30. The van der Waals surface area contributed by atoms with Crippen LogP contribution in [0.4, 0.5) is 5.82 Å². The van der Waals surface area contributed by atoms with Crippen molar-refractivity contribution >= 4 is 5.82 Å². The zero-order chi connectivity index (χ0) is 14.9. The molecule has 3 heterocycles. The summed E-state index contributed by atoms with van der Waals surface area (Å²) in [4.78, 5) is 0. The summed E-state index contributed by atoms with van der Waals surface area (Å²) in [6.45, 7) is 2.80. The lowest BCUT2D eigenvalue weighted by atomic mass is 10.00. The largest absolute Gasteiger partial charge is 0.378 e. The molecule has 0 bridgehead atoms. The average molecular weight is 299 g/mol. The van der Waals surface area contributed by atoms with Gasteiger partial charge in [0.15, 0.2) is 5.82 Å². The van der Waals surface area contributed by atoms with Gasteiger partial charge in [-0.1, -0.05) is 0 Å². The molecular formula is C16H21N5O. The third-order valence-corrected chi connectivity index (χ3v) is 4.42. The van der Waals surface area contributed by atoms with Crippen molar-refractivity contribution < 1.29 is 4.74 Å². The quantitative estimate of drug-likeness (QED) is 0.938. The van der Waals surface area contributed by atoms with Gasteiger partial charge in [-0.05, 0) is 56.7 Å². The molecule has 1 N–H and O–H groups in total. The van der Waals surface area contributed by atoms with E-state index in [0.29, 0.717) is 12.1 Å². The predicted molar refractivity (Wildman–Crippen MR) is 83.0 cm³/mol. The maximum atomic E-state index is 5.86. The number of ether oxygens (including phenoxy) is 1. The van der Waals surface area contributed by atoms with Crippen LogP contribution in [0, 0.1) is 12.8 Å². The van der Waals surface area contributed by atoms with E-state index in [2.05, 4.69) is 20.6 Å². The van der Waals surface area contributed by atoms with Gasteiger partial charge in [0.2, 0.25) is 0 Å². The number of hydrogen-bond donors (Lipinski definition) is 1. The molecule has 1 aliphatic carbocycles. The predicted octanol–water partition coefficient (Wildman–Crippen LogP) is 2.34. The molecule has 1 aliphatic heterocycles. The highest BCUT2D eigenvalue weighted by molar-refractivity contribution is 5.37. The summed E-state index contributed by atoms with van der Waals surface area (Å²) >= 11 is 0. The summed E-state index contributed by atoms with van der Waals surface area (Å²) in [5, 5.41) is 16.4. The first kappa shape index (κ1) is 13.7.